The second-order valence-corrected chi connectivity index (χ2v) is 7.04. The number of amides is 1. The van der Waals surface area contributed by atoms with Gasteiger partial charge in [-0.2, -0.15) is 0 Å². The molecule has 0 spiro atoms. The number of hydrogen-bond donors (Lipinski definition) is 1. The van der Waals surface area contributed by atoms with Gasteiger partial charge in [-0.05, 0) is 67.9 Å². The van der Waals surface area contributed by atoms with Gasteiger partial charge in [-0.1, -0.05) is 23.7 Å². The van der Waals surface area contributed by atoms with Crippen LogP contribution >= 0.6 is 11.6 Å². The van der Waals surface area contributed by atoms with E-state index >= 15 is 0 Å². The van der Waals surface area contributed by atoms with Gasteiger partial charge in [-0.3, -0.25) is 4.79 Å². The Balaban J connectivity index is 1.81. The number of rotatable bonds is 8. The van der Waals surface area contributed by atoms with E-state index < -0.39 is 0 Å². The van der Waals surface area contributed by atoms with Crippen LogP contribution in [0, 0.1) is 6.92 Å². The first kappa shape index (κ1) is 21.5. The molecule has 3 aromatic rings. The van der Waals surface area contributed by atoms with Crippen molar-refractivity contribution in [3.63, 3.8) is 0 Å². The third kappa shape index (κ3) is 5.24. The first-order chi connectivity index (χ1) is 14.5. The van der Waals surface area contributed by atoms with Gasteiger partial charge >= 0.3 is 0 Å². The number of nitrogens with one attached hydrogen (secondary N) is 1. The molecule has 0 radical (unpaired) electrons. The highest BCUT2D eigenvalue weighted by Crippen LogP contribution is 2.29. The van der Waals surface area contributed by atoms with Gasteiger partial charge in [0.25, 0.3) is 5.91 Å². The lowest BCUT2D eigenvalue weighted by Gasteiger charge is -2.15. The summed E-state index contributed by atoms with van der Waals surface area (Å²) in [5, 5.41) is 3.55. The maximum Gasteiger partial charge on any atom is 0.255 e. The number of carbonyl (C=O) groups excluding carboxylic acids is 1. The maximum atomic E-state index is 12.8. The molecule has 0 unspecified atom stereocenters. The van der Waals surface area contributed by atoms with Gasteiger partial charge < -0.3 is 19.5 Å². The molecule has 0 saturated carbocycles. The summed E-state index contributed by atoms with van der Waals surface area (Å²) >= 11 is 6.00. The van der Waals surface area contributed by atoms with Crippen LogP contribution in [0.2, 0.25) is 5.02 Å². The predicted octanol–water partition coefficient (Wildman–Crippen LogP) is 5.89. The Morgan fingerprint density at radius 2 is 1.73 bits per heavy atom. The zero-order valence-corrected chi connectivity index (χ0v) is 18.0. The largest absolute Gasteiger partial charge is 0.493 e. The zero-order chi connectivity index (χ0) is 21.5. The Labute approximate surface area is 181 Å². The molecule has 0 heterocycles. The van der Waals surface area contributed by atoms with E-state index in [0.717, 1.165) is 11.1 Å². The van der Waals surface area contributed by atoms with Crippen molar-refractivity contribution in [2.45, 2.75) is 20.5 Å². The summed E-state index contributed by atoms with van der Waals surface area (Å²) in [5.74, 6) is 1.71. The monoisotopic (exact) mass is 425 g/mol. The van der Waals surface area contributed by atoms with Crippen molar-refractivity contribution < 1.29 is 19.0 Å². The molecule has 30 heavy (non-hydrogen) atoms. The highest BCUT2D eigenvalue weighted by Gasteiger charge is 2.13. The van der Waals surface area contributed by atoms with Crippen LogP contribution in [0.3, 0.4) is 0 Å². The van der Waals surface area contributed by atoms with E-state index in [0.29, 0.717) is 40.1 Å². The van der Waals surface area contributed by atoms with E-state index in [2.05, 4.69) is 5.32 Å². The maximum absolute atomic E-state index is 12.8. The number of ether oxygens (including phenoxy) is 3. The Morgan fingerprint density at radius 3 is 2.43 bits per heavy atom. The fourth-order valence-corrected chi connectivity index (χ4v) is 3.21. The topological polar surface area (TPSA) is 56.8 Å². The quantitative estimate of drug-likeness (QED) is 0.489. The van der Waals surface area contributed by atoms with Crippen molar-refractivity contribution in [2.75, 3.05) is 19.0 Å². The van der Waals surface area contributed by atoms with E-state index in [1.807, 2.05) is 44.2 Å². The number of methoxy groups -OCH3 is 1. The van der Waals surface area contributed by atoms with Crippen LogP contribution in [0.25, 0.3) is 0 Å². The Kier molecular flexibility index (Phi) is 7.20. The van der Waals surface area contributed by atoms with Crippen molar-refractivity contribution in [3.8, 4) is 17.2 Å². The van der Waals surface area contributed by atoms with Crippen LogP contribution in [0.4, 0.5) is 5.69 Å². The molecule has 0 aromatic heterocycles. The predicted molar refractivity (Wildman–Crippen MR) is 119 cm³/mol. The van der Waals surface area contributed by atoms with Gasteiger partial charge in [-0.15, -0.1) is 0 Å². The number of para-hydroxylation sites is 2. The smallest absolute Gasteiger partial charge is 0.255 e. The molecule has 0 bridgehead atoms. The Hall–Kier alpha value is -3.18. The summed E-state index contributed by atoms with van der Waals surface area (Å²) in [7, 11) is 1.59. The number of halogens is 1. The van der Waals surface area contributed by atoms with Gasteiger partial charge in [0.2, 0.25) is 0 Å². The lowest BCUT2D eigenvalue weighted by atomic mass is 10.1. The average molecular weight is 426 g/mol. The molecule has 0 aliphatic carbocycles. The van der Waals surface area contributed by atoms with Crippen molar-refractivity contribution in [1.29, 1.82) is 0 Å². The summed E-state index contributed by atoms with van der Waals surface area (Å²) < 4.78 is 17.0. The molecule has 1 amide bonds. The molecular weight excluding hydrogens is 402 g/mol. The van der Waals surface area contributed by atoms with Gasteiger partial charge in [0.05, 0.1) is 13.7 Å². The molecule has 0 aliphatic rings. The lowest BCUT2D eigenvalue weighted by Crippen LogP contribution is -2.14. The number of benzene rings is 3. The van der Waals surface area contributed by atoms with Crippen LogP contribution in [0.15, 0.2) is 60.7 Å². The minimum absolute atomic E-state index is 0.220. The van der Waals surface area contributed by atoms with Crippen LogP contribution in [-0.2, 0) is 6.61 Å². The van der Waals surface area contributed by atoms with E-state index in [4.69, 9.17) is 25.8 Å². The molecule has 0 fully saturated rings. The normalized spacial score (nSPS) is 10.4. The van der Waals surface area contributed by atoms with E-state index in [1.165, 1.54) is 0 Å². The van der Waals surface area contributed by atoms with E-state index in [-0.39, 0.29) is 12.5 Å². The summed E-state index contributed by atoms with van der Waals surface area (Å²) in [5.41, 5.74) is 2.88. The minimum Gasteiger partial charge on any atom is -0.493 e. The van der Waals surface area contributed by atoms with Crippen LogP contribution in [-0.4, -0.2) is 19.6 Å². The zero-order valence-electron chi connectivity index (χ0n) is 17.2. The molecule has 1 N–H and O–H groups in total. The van der Waals surface area contributed by atoms with Crippen molar-refractivity contribution >= 4 is 23.2 Å². The molecule has 156 valence electrons. The molecule has 5 nitrogen and oxygen atoms in total. The molecule has 0 aliphatic heterocycles. The number of hydrogen-bond acceptors (Lipinski definition) is 4. The van der Waals surface area contributed by atoms with Gasteiger partial charge in [-0.25, -0.2) is 0 Å². The molecular formula is C24H24ClNO4. The average Bonchev–Trinajstić information content (AvgIpc) is 2.75. The minimum atomic E-state index is -0.220. The summed E-state index contributed by atoms with van der Waals surface area (Å²) in [6.45, 7) is 4.55. The first-order valence-electron chi connectivity index (χ1n) is 9.61. The van der Waals surface area contributed by atoms with E-state index in [9.17, 15) is 4.79 Å². The van der Waals surface area contributed by atoms with Crippen molar-refractivity contribution in [1.82, 2.24) is 0 Å². The highest BCUT2D eigenvalue weighted by molar-refractivity contribution is 6.30. The molecule has 0 atom stereocenters. The third-order valence-corrected chi connectivity index (χ3v) is 4.75. The number of carbonyl (C=O) groups is 1. The summed E-state index contributed by atoms with van der Waals surface area (Å²) in [6.07, 6.45) is 0. The molecule has 3 rings (SSSR count). The second-order valence-electron chi connectivity index (χ2n) is 6.61. The summed E-state index contributed by atoms with van der Waals surface area (Å²) in [6, 6.07) is 18.1. The second kappa shape index (κ2) is 10.0. The molecule has 6 heteroatoms. The fourth-order valence-electron chi connectivity index (χ4n) is 2.99. The van der Waals surface area contributed by atoms with Gasteiger partial charge in [0, 0.05) is 21.8 Å². The van der Waals surface area contributed by atoms with E-state index in [1.54, 1.807) is 37.4 Å². The fraction of sp³-hybridized carbons (Fsp3) is 0.208. The Bertz CT molecular complexity index is 1040. The standard InChI is InChI=1S/C24H24ClNO4/c1-4-29-21-12-9-17(24(27)26-20-11-10-19(25)13-16(20)2)14-18(21)15-30-23-8-6-5-7-22(23)28-3/h5-14H,4,15H2,1-3H3,(H,26,27). The number of aryl methyl sites for hydroxylation is 1. The third-order valence-electron chi connectivity index (χ3n) is 4.51. The molecule has 0 saturated heterocycles. The molecule has 3 aromatic carbocycles. The first-order valence-corrected chi connectivity index (χ1v) is 9.98. The van der Waals surface area contributed by atoms with Crippen LogP contribution in [0.1, 0.15) is 28.4 Å². The lowest BCUT2D eigenvalue weighted by molar-refractivity contribution is 0.102. The van der Waals surface area contributed by atoms with Crippen LogP contribution < -0.4 is 19.5 Å². The highest BCUT2D eigenvalue weighted by atomic mass is 35.5. The SMILES string of the molecule is CCOc1ccc(C(=O)Nc2ccc(Cl)cc2C)cc1COc1ccccc1OC. The van der Waals surface area contributed by atoms with Gasteiger partial charge in [0.15, 0.2) is 11.5 Å². The Morgan fingerprint density at radius 1 is 0.967 bits per heavy atom. The van der Waals surface area contributed by atoms with Crippen LogP contribution in [0.5, 0.6) is 17.2 Å². The number of anilines is 1. The van der Waals surface area contributed by atoms with Crippen molar-refractivity contribution in [2.24, 2.45) is 0 Å². The summed E-state index contributed by atoms with van der Waals surface area (Å²) in [4.78, 5) is 12.8. The van der Waals surface area contributed by atoms with Crippen molar-refractivity contribution in [3.05, 3.63) is 82.4 Å². The van der Waals surface area contributed by atoms with Gasteiger partial charge in [0.1, 0.15) is 12.4 Å².